The van der Waals surface area contributed by atoms with E-state index in [2.05, 4.69) is 0 Å². The Balaban J connectivity index is 3.12. The molecular formula is C14H19NO6. The third kappa shape index (κ3) is 4.55. The Morgan fingerprint density at radius 3 is 2.38 bits per heavy atom. The number of hydrogen-bond acceptors (Lipinski definition) is 5. The van der Waals surface area contributed by atoms with Crippen LogP contribution in [0.3, 0.4) is 0 Å². The highest BCUT2D eigenvalue weighted by Crippen LogP contribution is 2.32. The Labute approximate surface area is 122 Å². The first-order valence-electron chi connectivity index (χ1n) is 6.30. The van der Waals surface area contributed by atoms with Crippen molar-refractivity contribution in [2.24, 2.45) is 5.92 Å². The summed E-state index contributed by atoms with van der Waals surface area (Å²) in [5, 5.41) is 18.0. The van der Waals surface area contributed by atoms with E-state index < -0.39 is 17.9 Å². The number of ether oxygens (including phenoxy) is 2. The smallest absolute Gasteiger partial charge is 0.323 e. The third-order valence-corrected chi connectivity index (χ3v) is 2.97. The van der Waals surface area contributed by atoms with Crippen LogP contribution in [0.2, 0.25) is 0 Å². The molecule has 0 fully saturated rings. The molecule has 0 aliphatic heterocycles. The summed E-state index contributed by atoms with van der Waals surface area (Å²) in [6, 6.07) is 4.93. The summed E-state index contributed by atoms with van der Waals surface area (Å²) in [7, 11) is 2.97. The predicted molar refractivity (Wildman–Crippen MR) is 76.2 cm³/mol. The van der Waals surface area contributed by atoms with Gasteiger partial charge in [-0.2, -0.15) is 0 Å². The van der Waals surface area contributed by atoms with Crippen molar-refractivity contribution in [1.82, 2.24) is 0 Å². The standard InChI is InChI=1S/C14H19NO6/c1-9(14(18)19)7-15(8-13(16)17)11-5-4-10(20-2)6-12(11)21-3/h4-6,9H,7-8H2,1-3H3,(H,16,17)(H,18,19). The van der Waals surface area contributed by atoms with Gasteiger partial charge in [-0.05, 0) is 12.1 Å². The summed E-state index contributed by atoms with van der Waals surface area (Å²) in [6.07, 6.45) is 0. The first-order chi connectivity index (χ1) is 9.88. The summed E-state index contributed by atoms with van der Waals surface area (Å²) < 4.78 is 10.3. The maximum atomic E-state index is 11.0. The highest BCUT2D eigenvalue weighted by atomic mass is 16.5. The van der Waals surface area contributed by atoms with Crippen molar-refractivity contribution in [2.45, 2.75) is 6.92 Å². The molecule has 0 saturated heterocycles. The third-order valence-electron chi connectivity index (χ3n) is 2.97. The molecular weight excluding hydrogens is 278 g/mol. The minimum atomic E-state index is -1.05. The molecule has 1 unspecified atom stereocenters. The van der Waals surface area contributed by atoms with Crippen LogP contribution in [0.1, 0.15) is 6.92 Å². The van der Waals surface area contributed by atoms with Crippen LogP contribution in [0.25, 0.3) is 0 Å². The number of carboxylic acid groups (broad SMARTS) is 2. The molecule has 0 heterocycles. The van der Waals surface area contributed by atoms with Crippen LogP contribution in [0, 0.1) is 5.92 Å². The molecule has 7 heteroatoms. The van der Waals surface area contributed by atoms with Crippen molar-refractivity contribution in [3.63, 3.8) is 0 Å². The number of carboxylic acids is 2. The lowest BCUT2D eigenvalue weighted by atomic mass is 10.1. The van der Waals surface area contributed by atoms with E-state index in [-0.39, 0.29) is 13.1 Å². The molecule has 0 spiro atoms. The minimum Gasteiger partial charge on any atom is -0.497 e. The maximum absolute atomic E-state index is 11.0. The number of carbonyl (C=O) groups is 2. The van der Waals surface area contributed by atoms with Crippen molar-refractivity contribution in [1.29, 1.82) is 0 Å². The van der Waals surface area contributed by atoms with Crippen LogP contribution in [-0.2, 0) is 9.59 Å². The van der Waals surface area contributed by atoms with E-state index in [1.165, 1.54) is 26.0 Å². The highest BCUT2D eigenvalue weighted by Gasteiger charge is 2.21. The first kappa shape index (κ1) is 16.6. The van der Waals surface area contributed by atoms with Crippen LogP contribution < -0.4 is 14.4 Å². The number of anilines is 1. The molecule has 0 radical (unpaired) electrons. The second kappa shape index (κ2) is 7.37. The fraction of sp³-hybridized carbons (Fsp3) is 0.429. The van der Waals surface area contributed by atoms with Gasteiger partial charge < -0.3 is 24.6 Å². The molecule has 0 aromatic heterocycles. The Morgan fingerprint density at radius 1 is 1.24 bits per heavy atom. The van der Waals surface area contributed by atoms with Crippen LogP contribution in [0.4, 0.5) is 5.69 Å². The first-order valence-corrected chi connectivity index (χ1v) is 6.30. The number of nitrogens with zero attached hydrogens (tertiary/aromatic N) is 1. The summed E-state index contributed by atoms with van der Waals surface area (Å²) in [6.45, 7) is 1.26. The van der Waals surface area contributed by atoms with E-state index in [0.717, 1.165) is 0 Å². The number of benzene rings is 1. The summed E-state index contributed by atoms with van der Waals surface area (Å²) in [5.41, 5.74) is 0.508. The lowest BCUT2D eigenvalue weighted by Gasteiger charge is -2.26. The van der Waals surface area contributed by atoms with E-state index in [9.17, 15) is 9.59 Å². The molecule has 1 aromatic carbocycles. The van der Waals surface area contributed by atoms with E-state index in [1.54, 1.807) is 18.2 Å². The van der Waals surface area contributed by atoms with Gasteiger partial charge in [0.15, 0.2) is 0 Å². The number of hydrogen-bond donors (Lipinski definition) is 2. The summed E-state index contributed by atoms with van der Waals surface area (Å²) in [4.78, 5) is 23.4. The molecule has 1 aromatic rings. The van der Waals surface area contributed by atoms with Crippen LogP contribution in [0.15, 0.2) is 18.2 Å². The van der Waals surface area contributed by atoms with Gasteiger partial charge in [0.05, 0.1) is 25.8 Å². The summed E-state index contributed by atoms with van der Waals surface area (Å²) in [5.74, 6) is -1.76. The summed E-state index contributed by atoms with van der Waals surface area (Å²) >= 11 is 0. The van der Waals surface area contributed by atoms with Crippen molar-refractivity contribution in [3.05, 3.63) is 18.2 Å². The molecule has 0 saturated carbocycles. The number of aliphatic carboxylic acids is 2. The second-order valence-electron chi connectivity index (χ2n) is 4.55. The van der Waals surface area contributed by atoms with Crippen molar-refractivity contribution in [2.75, 3.05) is 32.2 Å². The number of rotatable bonds is 8. The second-order valence-corrected chi connectivity index (χ2v) is 4.55. The zero-order chi connectivity index (χ0) is 16.0. The SMILES string of the molecule is COc1ccc(N(CC(=O)O)CC(C)C(=O)O)c(OC)c1. The quantitative estimate of drug-likeness (QED) is 0.746. The van der Waals surface area contributed by atoms with Crippen molar-refractivity contribution in [3.8, 4) is 11.5 Å². The minimum absolute atomic E-state index is 0.0598. The average Bonchev–Trinajstić information content (AvgIpc) is 2.45. The lowest BCUT2D eigenvalue weighted by molar-refractivity contribution is -0.141. The molecule has 21 heavy (non-hydrogen) atoms. The molecule has 1 rings (SSSR count). The fourth-order valence-electron chi connectivity index (χ4n) is 1.87. The van der Waals surface area contributed by atoms with Gasteiger partial charge in [-0.1, -0.05) is 6.92 Å². The van der Waals surface area contributed by atoms with Gasteiger partial charge in [0, 0.05) is 12.6 Å². The predicted octanol–water partition coefficient (Wildman–Crippen LogP) is 1.32. The lowest BCUT2D eigenvalue weighted by Crippen LogP contribution is -2.36. The van der Waals surface area contributed by atoms with Crippen molar-refractivity contribution < 1.29 is 29.3 Å². The van der Waals surface area contributed by atoms with Crippen LogP contribution in [0.5, 0.6) is 11.5 Å². The van der Waals surface area contributed by atoms with Gasteiger partial charge >= 0.3 is 11.9 Å². The van der Waals surface area contributed by atoms with Gasteiger partial charge in [0.1, 0.15) is 18.0 Å². The molecule has 0 amide bonds. The van der Waals surface area contributed by atoms with Crippen LogP contribution in [-0.4, -0.2) is 49.5 Å². The number of methoxy groups -OCH3 is 2. The molecule has 116 valence electrons. The maximum Gasteiger partial charge on any atom is 0.323 e. The zero-order valence-electron chi connectivity index (χ0n) is 12.2. The van der Waals surface area contributed by atoms with Gasteiger partial charge in [0.2, 0.25) is 0 Å². The topological polar surface area (TPSA) is 96.3 Å². The van der Waals surface area contributed by atoms with Crippen molar-refractivity contribution >= 4 is 17.6 Å². The van der Waals surface area contributed by atoms with E-state index in [0.29, 0.717) is 17.2 Å². The largest absolute Gasteiger partial charge is 0.497 e. The Hall–Kier alpha value is -2.44. The zero-order valence-corrected chi connectivity index (χ0v) is 12.2. The van der Waals surface area contributed by atoms with Gasteiger partial charge in [-0.15, -0.1) is 0 Å². The molecule has 0 aliphatic rings. The molecule has 7 nitrogen and oxygen atoms in total. The molecule has 1 atom stereocenters. The molecule has 0 aliphatic carbocycles. The fourth-order valence-corrected chi connectivity index (χ4v) is 1.87. The normalized spacial score (nSPS) is 11.6. The Kier molecular flexibility index (Phi) is 5.83. The van der Waals surface area contributed by atoms with Gasteiger partial charge in [-0.25, -0.2) is 0 Å². The Bertz CT molecular complexity index is 516. The molecule has 2 N–H and O–H groups in total. The average molecular weight is 297 g/mol. The van der Waals surface area contributed by atoms with Gasteiger partial charge in [0.25, 0.3) is 0 Å². The van der Waals surface area contributed by atoms with E-state index >= 15 is 0 Å². The molecule has 0 bridgehead atoms. The van der Waals surface area contributed by atoms with Crippen LogP contribution >= 0.6 is 0 Å². The monoisotopic (exact) mass is 297 g/mol. The Morgan fingerprint density at radius 2 is 1.90 bits per heavy atom. The van der Waals surface area contributed by atoms with E-state index in [1.807, 2.05) is 0 Å². The van der Waals surface area contributed by atoms with E-state index in [4.69, 9.17) is 19.7 Å². The highest BCUT2D eigenvalue weighted by molar-refractivity contribution is 5.77. The van der Waals surface area contributed by atoms with Gasteiger partial charge in [-0.3, -0.25) is 9.59 Å².